The zero-order chi connectivity index (χ0) is 2.00. The van der Waals surface area contributed by atoms with Crippen LogP contribution in [0.4, 0.5) is 0 Å². The Hall–Kier alpha value is 0.480. The molecule has 0 unspecified atom stereocenters. The van der Waals surface area contributed by atoms with Gasteiger partial charge in [0.2, 0.25) is 0 Å². The van der Waals surface area contributed by atoms with Gasteiger partial charge in [-0.05, 0) is 5.83 Å². The minimum absolute atomic E-state index is 0. The second-order valence-corrected chi connectivity index (χ2v) is 0. The van der Waals surface area contributed by atoms with Gasteiger partial charge in [-0.2, -0.15) is 0 Å². The summed E-state index contributed by atoms with van der Waals surface area (Å²) in [4.78, 5) is 0. The third-order valence-corrected chi connectivity index (χ3v) is 0. The number of hydrogen-bond acceptors (Lipinski definition) is 0. The summed E-state index contributed by atoms with van der Waals surface area (Å²) in [5.74, 6) is 1.81. The first-order valence-corrected chi connectivity index (χ1v) is 1.96. The Labute approximate surface area is 44.7 Å². The summed E-state index contributed by atoms with van der Waals surface area (Å²) < 4.78 is 0. The molecule has 0 nitrogen and oxygen atoms in total. The second-order valence-electron chi connectivity index (χ2n) is 0. The normalized spacial score (nSPS) is 1.20. The van der Waals surface area contributed by atoms with E-state index in [-0.39, 0.29) is 22.3 Å². The number of alkyl halides is 1. The molecule has 0 heterocycles. The van der Waals surface area contributed by atoms with E-state index >= 15 is 0 Å². The van der Waals surface area contributed by atoms with Gasteiger partial charge in [0.1, 0.15) is 0 Å². The molecular formula is C4H15Br. The van der Waals surface area contributed by atoms with Gasteiger partial charge < -0.3 is 0 Å². The fourth-order valence-corrected chi connectivity index (χ4v) is 0. The molecule has 0 aromatic heterocycles. The minimum atomic E-state index is 0. The maximum absolute atomic E-state index is 2.94. The summed E-state index contributed by atoms with van der Waals surface area (Å²) in [6.07, 6.45) is 0. The Morgan fingerprint density at radius 3 is 0.800 bits per heavy atom. The van der Waals surface area contributed by atoms with Crippen molar-refractivity contribution < 1.29 is 0 Å². The lowest BCUT2D eigenvalue weighted by molar-refractivity contribution is 2.50. The number of rotatable bonds is 0. The Bertz CT molecular complexity index is 3.61. The van der Waals surface area contributed by atoms with E-state index in [2.05, 4.69) is 15.9 Å². The van der Waals surface area contributed by atoms with Gasteiger partial charge in [-0.25, -0.2) is 0 Å². The van der Waals surface area contributed by atoms with Crippen molar-refractivity contribution in [3.05, 3.63) is 0 Å². The highest BCUT2D eigenvalue weighted by atomic mass is 79.9. The molecular weight excluding hydrogens is 128 g/mol. The summed E-state index contributed by atoms with van der Waals surface area (Å²) in [7, 11) is 0. The quantitative estimate of drug-likeness (QED) is 0.457. The van der Waals surface area contributed by atoms with E-state index in [0.29, 0.717) is 0 Å². The molecule has 0 rings (SSSR count). The fraction of sp³-hybridized carbons (Fsp3) is 1.00. The SMILES string of the molecule is C.C.C.CBr. The van der Waals surface area contributed by atoms with Gasteiger partial charge in [0.25, 0.3) is 0 Å². The van der Waals surface area contributed by atoms with Crippen LogP contribution in [0, 0.1) is 0 Å². The molecule has 0 atom stereocenters. The lowest BCUT2D eigenvalue weighted by Crippen LogP contribution is -0.808. The molecule has 0 fully saturated rings. The zero-order valence-electron chi connectivity index (χ0n) is 1.38. The second kappa shape index (κ2) is 235. The monoisotopic (exact) mass is 142 g/mol. The van der Waals surface area contributed by atoms with E-state index < -0.39 is 0 Å². The summed E-state index contributed by atoms with van der Waals surface area (Å²) in [6, 6.07) is 0. The van der Waals surface area contributed by atoms with Crippen molar-refractivity contribution in [2.75, 3.05) is 5.83 Å². The van der Waals surface area contributed by atoms with Crippen LogP contribution in [-0.4, -0.2) is 5.83 Å². The maximum Gasteiger partial charge on any atom is -0.00848 e. The molecule has 0 aromatic rings. The van der Waals surface area contributed by atoms with Crippen LogP contribution >= 0.6 is 15.9 Å². The average molecular weight is 143 g/mol. The molecule has 38 valence electrons. The summed E-state index contributed by atoms with van der Waals surface area (Å²) in [5, 5.41) is 0. The van der Waals surface area contributed by atoms with Crippen molar-refractivity contribution in [2.45, 2.75) is 22.3 Å². The highest BCUT2D eigenvalue weighted by molar-refractivity contribution is 9.08. The third kappa shape index (κ3) is 120. The topological polar surface area (TPSA) is 0 Å². The molecule has 0 aliphatic rings. The van der Waals surface area contributed by atoms with E-state index in [1.165, 1.54) is 0 Å². The Morgan fingerprint density at radius 1 is 0.800 bits per heavy atom. The van der Waals surface area contributed by atoms with Crippen LogP contribution in [0.25, 0.3) is 0 Å². The molecule has 0 bridgehead atoms. The number of hydrogen-bond donors (Lipinski definition) is 0. The van der Waals surface area contributed by atoms with E-state index in [1.54, 1.807) is 0 Å². The van der Waals surface area contributed by atoms with Crippen LogP contribution in [0.2, 0.25) is 0 Å². The largest absolute Gasteiger partial charge is 0.0966 e. The summed E-state index contributed by atoms with van der Waals surface area (Å²) in [6.45, 7) is 0. The lowest BCUT2D eigenvalue weighted by Gasteiger charge is -1.05. The van der Waals surface area contributed by atoms with E-state index in [4.69, 9.17) is 0 Å². The Kier molecular flexibility index (Phi) is 2360. The summed E-state index contributed by atoms with van der Waals surface area (Å²) >= 11 is 2.94. The van der Waals surface area contributed by atoms with Gasteiger partial charge in [-0.15, -0.1) is 0 Å². The van der Waals surface area contributed by atoms with Crippen LogP contribution in [0.3, 0.4) is 0 Å². The van der Waals surface area contributed by atoms with Crippen LogP contribution in [0.15, 0.2) is 0 Å². The predicted octanol–water partition coefficient (Wildman–Crippen LogP) is 2.92. The highest BCUT2D eigenvalue weighted by Gasteiger charge is 0.948. The van der Waals surface area contributed by atoms with Gasteiger partial charge in [-0.3, -0.25) is 0 Å². The first-order valence-electron chi connectivity index (χ1n) is 0.378. The van der Waals surface area contributed by atoms with Crippen molar-refractivity contribution in [1.29, 1.82) is 0 Å². The van der Waals surface area contributed by atoms with Crippen LogP contribution in [0.1, 0.15) is 22.3 Å². The molecule has 0 aliphatic heterocycles. The molecule has 0 N–H and O–H groups in total. The molecule has 0 saturated carbocycles. The van der Waals surface area contributed by atoms with Crippen molar-refractivity contribution in [3.8, 4) is 0 Å². The standard InChI is InChI=1S/CH3Br.3CH4/c1-2;;;/h1H3;3*1H4. The molecule has 0 aromatic carbocycles. The molecule has 5 heavy (non-hydrogen) atoms. The van der Waals surface area contributed by atoms with Gasteiger partial charge in [0, 0.05) is 0 Å². The van der Waals surface area contributed by atoms with Crippen molar-refractivity contribution in [3.63, 3.8) is 0 Å². The molecule has 1 heteroatoms. The fourth-order valence-electron chi connectivity index (χ4n) is 0. The number of halogens is 1. The molecule has 0 amide bonds. The van der Waals surface area contributed by atoms with Crippen molar-refractivity contribution >= 4 is 15.9 Å². The van der Waals surface area contributed by atoms with Crippen LogP contribution in [0.5, 0.6) is 0 Å². The van der Waals surface area contributed by atoms with E-state index in [9.17, 15) is 0 Å². The van der Waals surface area contributed by atoms with Gasteiger partial charge in [0.15, 0.2) is 0 Å². The van der Waals surface area contributed by atoms with E-state index in [0.717, 1.165) is 0 Å². The van der Waals surface area contributed by atoms with Crippen molar-refractivity contribution in [1.82, 2.24) is 0 Å². The van der Waals surface area contributed by atoms with Gasteiger partial charge in [-0.1, -0.05) is 38.2 Å². The third-order valence-electron chi connectivity index (χ3n) is 0. The average Bonchev–Trinajstić information content (AvgIpc) is 1.00. The van der Waals surface area contributed by atoms with Gasteiger partial charge >= 0.3 is 0 Å². The molecule has 0 radical (unpaired) electrons. The summed E-state index contributed by atoms with van der Waals surface area (Å²) in [5.41, 5.74) is 0. The maximum atomic E-state index is 2.94. The minimum Gasteiger partial charge on any atom is -0.0966 e. The highest BCUT2D eigenvalue weighted by Crippen LogP contribution is 1.45. The molecule has 0 aliphatic carbocycles. The first-order chi connectivity index (χ1) is 1.00. The Morgan fingerprint density at radius 2 is 0.800 bits per heavy atom. The van der Waals surface area contributed by atoms with Crippen LogP contribution < -0.4 is 0 Å². The zero-order valence-corrected chi connectivity index (χ0v) is 2.96. The van der Waals surface area contributed by atoms with E-state index in [1.807, 2.05) is 5.83 Å². The lowest BCUT2D eigenvalue weighted by atomic mass is 12.0. The molecule has 0 spiro atoms. The van der Waals surface area contributed by atoms with Crippen molar-refractivity contribution in [2.24, 2.45) is 0 Å². The van der Waals surface area contributed by atoms with Gasteiger partial charge in [0.05, 0.1) is 0 Å². The Balaban J connectivity index is -0.00000000167. The smallest absolute Gasteiger partial charge is 0.00848 e. The van der Waals surface area contributed by atoms with Crippen LogP contribution in [-0.2, 0) is 0 Å². The molecule has 0 saturated heterocycles. The first kappa shape index (κ1) is 50.2. The predicted molar refractivity (Wildman–Crippen MR) is 35.0 cm³/mol.